The van der Waals surface area contributed by atoms with Crippen LogP contribution < -0.4 is 4.90 Å². The van der Waals surface area contributed by atoms with Crippen LogP contribution in [0.2, 0.25) is 0 Å². The van der Waals surface area contributed by atoms with Gasteiger partial charge in [-0.3, -0.25) is 0 Å². The fourth-order valence-electron chi connectivity index (χ4n) is 12.2. The Hall–Kier alpha value is -8.00. The maximum atomic E-state index is 2.56. The van der Waals surface area contributed by atoms with Gasteiger partial charge in [0.1, 0.15) is 0 Å². The third-order valence-corrected chi connectivity index (χ3v) is 14.8. The predicted octanol–water partition coefficient (Wildman–Crippen LogP) is 16.1. The second-order valence-electron chi connectivity index (χ2n) is 18.0. The lowest BCUT2D eigenvalue weighted by atomic mass is 9.52. The van der Waals surface area contributed by atoms with Crippen molar-refractivity contribution in [2.75, 3.05) is 4.90 Å². The van der Waals surface area contributed by atoms with Gasteiger partial charge in [0, 0.05) is 16.9 Å². The minimum atomic E-state index is -0.654. The van der Waals surface area contributed by atoms with Crippen LogP contribution >= 0.6 is 0 Å². The second-order valence-corrected chi connectivity index (χ2v) is 18.0. The van der Waals surface area contributed by atoms with Gasteiger partial charge in [-0.15, -0.1) is 0 Å². The molecule has 306 valence electrons. The lowest BCUT2D eigenvalue weighted by Crippen LogP contribution is -2.44. The fourth-order valence-corrected chi connectivity index (χ4v) is 12.2. The number of hydrogen-bond donors (Lipinski definition) is 0. The van der Waals surface area contributed by atoms with Crippen molar-refractivity contribution in [2.45, 2.75) is 24.7 Å². The summed E-state index contributed by atoms with van der Waals surface area (Å²) in [7, 11) is 0. The van der Waals surface area contributed by atoms with Gasteiger partial charge in [0.15, 0.2) is 0 Å². The molecule has 1 heteroatoms. The van der Waals surface area contributed by atoms with Gasteiger partial charge in [-0.2, -0.15) is 0 Å². The van der Waals surface area contributed by atoms with Crippen molar-refractivity contribution >= 4 is 17.1 Å². The number of rotatable bonds is 5. The highest BCUT2D eigenvalue weighted by Gasteiger charge is 2.60. The molecule has 0 aliphatic heterocycles. The van der Waals surface area contributed by atoms with Crippen molar-refractivity contribution in [1.29, 1.82) is 0 Å². The number of benzene rings is 10. The van der Waals surface area contributed by atoms with Gasteiger partial charge in [0.25, 0.3) is 0 Å². The van der Waals surface area contributed by atoms with Crippen molar-refractivity contribution in [3.05, 3.63) is 292 Å². The minimum Gasteiger partial charge on any atom is -0.310 e. The van der Waals surface area contributed by atoms with Crippen LogP contribution in [0.5, 0.6) is 0 Å². The number of nitrogens with zero attached hydrogens (tertiary/aromatic N) is 1. The molecule has 0 fully saturated rings. The number of fused-ring (bicyclic) bond motifs is 16. The summed E-state index contributed by atoms with van der Waals surface area (Å²) >= 11 is 0. The predicted molar refractivity (Wildman–Crippen MR) is 270 cm³/mol. The first-order valence-corrected chi connectivity index (χ1v) is 22.8. The molecule has 1 nitrogen and oxygen atoms in total. The molecule has 0 aromatic heterocycles. The van der Waals surface area contributed by atoms with E-state index in [4.69, 9.17) is 0 Å². The van der Waals surface area contributed by atoms with Crippen molar-refractivity contribution in [2.24, 2.45) is 0 Å². The Balaban J connectivity index is 1.20. The van der Waals surface area contributed by atoms with E-state index in [2.05, 4.69) is 255 Å². The molecule has 13 rings (SSSR count). The molecule has 65 heavy (non-hydrogen) atoms. The highest BCUT2D eigenvalue weighted by Crippen LogP contribution is 2.69. The standard InChI is InChI=1S/C64H45N/c1-42-19-6-7-22-48(42)53-41-47(38-35-43(53)2)65(46-39-36-45(37-40-46)44-20-4-3-5-21-44)61-34-18-33-60-62(61)64(56-29-14-10-25-51(56)52-26-11-15-30-57(52)64)59-32-17-16-31-58(59)63(60)54-27-12-8-23-49(54)50-24-9-13-28-55(50)63/h3-41H,1-2H3. The first-order chi connectivity index (χ1) is 32.1. The summed E-state index contributed by atoms with van der Waals surface area (Å²) in [5.74, 6) is 0. The molecule has 0 unspecified atom stereocenters. The zero-order chi connectivity index (χ0) is 43.3. The van der Waals surface area contributed by atoms with Crippen LogP contribution in [0.15, 0.2) is 237 Å². The third kappa shape index (κ3) is 5.10. The maximum Gasteiger partial charge on any atom is 0.0740 e. The van der Waals surface area contributed by atoms with Crippen LogP contribution in [0.25, 0.3) is 44.5 Å². The van der Waals surface area contributed by atoms with Crippen molar-refractivity contribution in [3.63, 3.8) is 0 Å². The Kier molecular flexibility index (Phi) is 8.24. The molecule has 0 N–H and O–H groups in total. The van der Waals surface area contributed by atoms with E-state index in [1.54, 1.807) is 0 Å². The average Bonchev–Trinajstić information content (AvgIpc) is 3.83. The first kappa shape index (κ1) is 37.5. The van der Waals surface area contributed by atoms with Gasteiger partial charge in [-0.25, -0.2) is 0 Å². The molecular weight excluding hydrogens is 783 g/mol. The largest absolute Gasteiger partial charge is 0.310 e. The Morgan fingerprint density at radius 2 is 0.692 bits per heavy atom. The number of aryl methyl sites for hydroxylation is 2. The summed E-state index contributed by atoms with van der Waals surface area (Å²) in [4.78, 5) is 2.56. The van der Waals surface area contributed by atoms with Crippen LogP contribution in [0.4, 0.5) is 17.1 Å². The Morgan fingerprint density at radius 3 is 1.26 bits per heavy atom. The van der Waals surface area contributed by atoms with Crippen molar-refractivity contribution in [3.8, 4) is 44.5 Å². The second kappa shape index (κ2) is 14.3. The van der Waals surface area contributed by atoms with Gasteiger partial charge in [0.2, 0.25) is 0 Å². The van der Waals surface area contributed by atoms with Crippen molar-refractivity contribution < 1.29 is 0 Å². The van der Waals surface area contributed by atoms with Gasteiger partial charge >= 0.3 is 0 Å². The molecule has 10 aromatic carbocycles. The monoisotopic (exact) mass is 827 g/mol. The van der Waals surface area contributed by atoms with E-state index in [9.17, 15) is 0 Å². The van der Waals surface area contributed by atoms with E-state index in [1.165, 1.54) is 100 Å². The Morgan fingerprint density at radius 1 is 0.277 bits per heavy atom. The Labute approximate surface area is 381 Å². The molecule has 0 atom stereocenters. The topological polar surface area (TPSA) is 3.24 Å². The normalized spacial score (nSPS) is 13.9. The van der Waals surface area contributed by atoms with E-state index >= 15 is 0 Å². The molecule has 0 bridgehead atoms. The van der Waals surface area contributed by atoms with Crippen molar-refractivity contribution in [1.82, 2.24) is 0 Å². The SMILES string of the molecule is Cc1ccccc1-c1cc(N(c2ccc(-c3ccccc3)cc2)c2cccc3c2C2(c4ccccc4-c4ccccc42)c2ccccc2C32c3ccccc3-c3ccccc32)ccc1C. The maximum absolute atomic E-state index is 2.56. The van der Waals surface area contributed by atoms with Crippen LogP contribution in [0.1, 0.15) is 55.6 Å². The van der Waals surface area contributed by atoms with E-state index in [-0.39, 0.29) is 0 Å². The van der Waals surface area contributed by atoms with E-state index < -0.39 is 10.8 Å². The first-order valence-electron chi connectivity index (χ1n) is 22.8. The van der Waals surface area contributed by atoms with E-state index in [0.717, 1.165) is 17.1 Å². The molecule has 3 aliphatic rings. The van der Waals surface area contributed by atoms with Crippen LogP contribution in [-0.4, -0.2) is 0 Å². The molecule has 3 aliphatic carbocycles. The van der Waals surface area contributed by atoms with E-state index in [1.807, 2.05) is 0 Å². The summed E-state index contributed by atoms with van der Waals surface area (Å²) in [5, 5.41) is 0. The summed E-state index contributed by atoms with van der Waals surface area (Å²) in [6.07, 6.45) is 0. The molecule has 0 radical (unpaired) electrons. The summed E-state index contributed by atoms with van der Waals surface area (Å²) < 4.78 is 0. The smallest absolute Gasteiger partial charge is 0.0740 e. The van der Waals surface area contributed by atoms with Gasteiger partial charge in [0.05, 0.1) is 16.5 Å². The lowest BCUT2D eigenvalue weighted by Gasteiger charge is -2.50. The average molecular weight is 828 g/mol. The molecule has 2 spiro atoms. The fraction of sp³-hybridized carbons (Fsp3) is 0.0625. The summed E-state index contributed by atoms with van der Waals surface area (Å²) in [5.41, 5.74) is 25.3. The molecule has 0 saturated heterocycles. The van der Waals surface area contributed by atoms with Crippen LogP contribution in [-0.2, 0) is 10.8 Å². The quantitative estimate of drug-likeness (QED) is 0.167. The molecule has 0 saturated carbocycles. The minimum absolute atomic E-state index is 0.588. The highest BCUT2D eigenvalue weighted by molar-refractivity contribution is 5.97. The van der Waals surface area contributed by atoms with Gasteiger partial charge in [-0.05, 0) is 139 Å². The third-order valence-electron chi connectivity index (χ3n) is 14.8. The van der Waals surface area contributed by atoms with Crippen LogP contribution in [0, 0.1) is 13.8 Å². The summed E-state index contributed by atoms with van der Waals surface area (Å²) in [6, 6.07) is 89.2. The zero-order valence-corrected chi connectivity index (χ0v) is 36.5. The molecule has 10 aromatic rings. The summed E-state index contributed by atoms with van der Waals surface area (Å²) in [6.45, 7) is 4.47. The van der Waals surface area contributed by atoms with E-state index in [0.29, 0.717) is 0 Å². The number of hydrogen-bond acceptors (Lipinski definition) is 1. The molecule has 0 amide bonds. The van der Waals surface area contributed by atoms with Crippen LogP contribution in [0.3, 0.4) is 0 Å². The van der Waals surface area contributed by atoms with Gasteiger partial charge in [-0.1, -0.05) is 206 Å². The lowest BCUT2D eigenvalue weighted by molar-refractivity contribution is 0.633. The highest BCUT2D eigenvalue weighted by atomic mass is 15.1. The molecule has 0 heterocycles. The van der Waals surface area contributed by atoms with Gasteiger partial charge < -0.3 is 4.90 Å². The zero-order valence-electron chi connectivity index (χ0n) is 36.5. The molecular formula is C64H45N. The number of anilines is 3. The Bertz CT molecular complexity index is 3430.